The number of carbonyl (C=O) groups excluding carboxylic acids is 2. The molecule has 0 unspecified atom stereocenters. The minimum absolute atomic E-state index is 0.160. The molecule has 1 aliphatic heterocycles. The van der Waals surface area contributed by atoms with Crippen LogP contribution in [-0.4, -0.2) is 63.7 Å². The minimum atomic E-state index is -0.455. The fourth-order valence-corrected chi connectivity index (χ4v) is 3.54. The van der Waals surface area contributed by atoms with Gasteiger partial charge < -0.3 is 24.6 Å². The number of nitrogens with zero attached hydrogens (tertiary/aromatic N) is 2. The van der Waals surface area contributed by atoms with Gasteiger partial charge in [-0.1, -0.05) is 11.6 Å². The molecule has 1 saturated heterocycles. The van der Waals surface area contributed by atoms with E-state index in [0.29, 0.717) is 22.0 Å². The van der Waals surface area contributed by atoms with Crippen molar-refractivity contribution in [2.75, 3.05) is 57.2 Å². The van der Waals surface area contributed by atoms with E-state index in [0.717, 1.165) is 37.4 Å². The number of amides is 1. The van der Waals surface area contributed by atoms with Crippen molar-refractivity contribution in [1.82, 2.24) is 4.90 Å². The monoisotopic (exact) mass is 431 g/mol. The third-order valence-electron chi connectivity index (χ3n) is 5.03. The highest BCUT2D eigenvalue weighted by atomic mass is 35.5. The molecule has 1 amide bonds. The maximum atomic E-state index is 12.6. The Morgan fingerprint density at radius 3 is 2.50 bits per heavy atom. The van der Waals surface area contributed by atoms with Crippen molar-refractivity contribution in [1.29, 1.82) is 0 Å². The number of carbonyl (C=O) groups is 2. The quantitative estimate of drug-likeness (QED) is 0.708. The molecule has 1 fully saturated rings. The first-order valence-electron chi connectivity index (χ1n) is 9.72. The summed E-state index contributed by atoms with van der Waals surface area (Å²) < 4.78 is 10.5. The van der Waals surface area contributed by atoms with Gasteiger partial charge in [0.05, 0.1) is 24.0 Å². The zero-order valence-electron chi connectivity index (χ0n) is 17.4. The summed E-state index contributed by atoms with van der Waals surface area (Å²) in [6.45, 7) is 5.21. The number of piperazine rings is 1. The van der Waals surface area contributed by atoms with E-state index in [2.05, 4.69) is 22.2 Å². The number of likely N-dealkylation sites (N-methyl/N-ethyl adjacent to an activating group) is 1. The van der Waals surface area contributed by atoms with Crippen LogP contribution in [0, 0.1) is 6.92 Å². The van der Waals surface area contributed by atoms with Crippen LogP contribution in [0.5, 0.6) is 5.75 Å². The summed E-state index contributed by atoms with van der Waals surface area (Å²) in [5.74, 6) is -0.178. The van der Waals surface area contributed by atoms with Crippen molar-refractivity contribution in [3.63, 3.8) is 0 Å². The Balaban J connectivity index is 1.75. The molecule has 2 aromatic carbocycles. The zero-order valence-corrected chi connectivity index (χ0v) is 18.2. The maximum Gasteiger partial charge on any atom is 0.337 e. The fraction of sp³-hybridized carbons (Fsp3) is 0.364. The molecule has 0 spiro atoms. The largest absolute Gasteiger partial charge is 0.483 e. The molecule has 1 aliphatic rings. The Morgan fingerprint density at radius 2 is 1.83 bits per heavy atom. The molecule has 1 N–H and O–H groups in total. The first-order valence-corrected chi connectivity index (χ1v) is 10.1. The lowest BCUT2D eigenvalue weighted by Crippen LogP contribution is -2.44. The molecule has 0 aliphatic carbocycles. The lowest BCUT2D eigenvalue weighted by atomic mass is 10.1. The highest BCUT2D eigenvalue weighted by Gasteiger charge is 2.20. The summed E-state index contributed by atoms with van der Waals surface area (Å²) in [6, 6.07) is 10.4. The number of nitrogens with one attached hydrogen (secondary N) is 1. The predicted octanol–water partition coefficient (Wildman–Crippen LogP) is 3.20. The molecular formula is C22H26ClN3O4. The molecular weight excluding hydrogens is 406 g/mol. The van der Waals surface area contributed by atoms with Gasteiger partial charge in [0.1, 0.15) is 5.75 Å². The first-order chi connectivity index (χ1) is 14.4. The van der Waals surface area contributed by atoms with Crippen LogP contribution in [0.4, 0.5) is 11.4 Å². The van der Waals surface area contributed by atoms with E-state index >= 15 is 0 Å². The van der Waals surface area contributed by atoms with Crippen molar-refractivity contribution >= 4 is 34.9 Å². The van der Waals surface area contributed by atoms with Crippen LogP contribution >= 0.6 is 11.6 Å². The molecule has 0 atom stereocenters. The number of rotatable bonds is 6. The summed E-state index contributed by atoms with van der Waals surface area (Å²) in [4.78, 5) is 29.0. The first kappa shape index (κ1) is 21.9. The predicted molar refractivity (Wildman–Crippen MR) is 118 cm³/mol. The standard InChI is InChI=1S/C22H26ClN3O4/c1-15-12-17(23)5-7-20(15)30-14-21(27)24-18-13-16(22(28)29-3)4-6-19(18)26-10-8-25(2)9-11-26/h4-7,12-13H,8-11,14H2,1-3H3,(H,24,27). The zero-order chi connectivity index (χ0) is 21.7. The summed E-state index contributed by atoms with van der Waals surface area (Å²) in [5.41, 5.74) is 2.65. The molecule has 0 aromatic heterocycles. The number of hydrogen-bond acceptors (Lipinski definition) is 6. The van der Waals surface area contributed by atoms with Gasteiger partial charge in [-0.3, -0.25) is 4.79 Å². The molecule has 1 heterocycles. The normalized spacial score (nSPS) is 14.3. The van der Waals surface area contributed by atoms with Crippen LogP contribution in [0.3, 0.4) is 0 Å². The number of anilines is 2. The van der Waals surface area contributed by atoms with Crippen LogP contribution in [0.15, 0.2) is 36.4 Å². The maximum absolute atomic E-state index is 12.6. The average molecular weight is 432 g/mol. The second-order valence-corrected chi connectivity index (χ2v) is 7.70. The van der Waals surface area contributed by atoms with E-state index in [-0.39, 0.29) is 12.5 Å². The molecule has 7 nitrogen and oxygen atoms in total. The van der Waals surface area contributed by atoms with Crippen molar-refractivity contribution in [2.24, 2.45) is 0 Å². The SMILES string of the molecule is COC(=O)c1ccc(N2CCN(C)CC2)c(NC(=O)COc2ccc(Cl)cc2C)c1. The van der Waals surface area contributed by atoms with Crippen LogP contribution in [-0.2, 0) is 9.53 Å². The Kier molecular flexibility index (Phi) is 7.18. The van der Waals surface area contributed by atoms with E-state index in [1.165, 1.54) is 7.11 Å². The second-order valence-electron chi connectivity index (χ2n) is 7.26. The Bertz CT molecular complexity index is 927. The summed E-state index contributed by atoms with van der Waals surface area (Å²) in [5, 5.41) is 3.50. The number of benzene rings is 2. The van der Waals surface area contributed by atoms with Crippen LogP contribution in [0.25, 0.3) is 0 Å². The Labute approximate surface area is 181 Å². The smallest absolute Gasteiger partial charge is 0.337 e. The minimum Gasteiger partial charge on any atom is -0.483 e. The molecule has 0 saturated carbocycles. The number of methoxy groups -OCH3 is 1. The summed E-state index contributed by atoms with van der Waals surface area (Å²) >= 11 is 5.96. The number of esters is 1. The number of halogens is 1. The van der Waals surface area contributed by atoms with Crippen molar-refractivity contribution < 1.29 is 19.1 Å². The van der Waals surface area contributed by atoms with Gasteiger partial charge in [0, 0.05) is 31.2 Å². The summed E-state index contributed by atoms with van der Waals surface area (Å²) in [6.07, 6.45) is 0. The third-order valence-corrected chi connectivity index (χ3v) is 5.27. The van der Waals surface area contributed by atoms with E-state index in [9.17, 15) is 9.59 Å². The molecule has 160 valence electrons. The molecule has 8 heteroatoms. The Hall–Kier alpha value is -2.77. The lowest BCUT2D eigenvalue weighted by Gasteiger charge is -2.35. The van der Waals surface area contributed by atoms with Gasteiger partial charge in [-0.2, -0.15) is 0 Å². The molecule has 30 heavy (non-hydrogen) atoms. The molecule has 0 radical (unpaired) electrons. The van der Waals surface area contributed by atoms with E-state index < -0.39 is 5.97 Å². The van der Waals surface area contributed by atoms with E-state index in [1.807, 2.05) is 13.0 Å². The van der Waals surface area contributed by atoms with Crippen LogP contribution in [0.2, 0.25) is 5.02 Å². The van der Waals surface area contributed by atoms with E-state index in [4.69, 9.17) is 21.1 Å². The van der Waals surface area contributed by atoms with Gasteiger partial charge in [-0.15, -0.1) is 0 Å². The fourth-order valence-electron chi connectivity index (χ4n) is 3.31. The second kappa shape index (κ2) is 9.82. The lowest BCUT2D eigenvalue weighted by molar-refractivity contribution is -0.118. The highest BCUT2D eigenvalue weighted by molar-refractivity contribution is 6.30. The van der Waals surface area contributed by atoms with Crippen molar-refractivity contribution in [2.45, 2.75) is 6.92 Å². The van der Waals surface area contributed by atoms with Gasteiger partial charge >= 0.3 is 5.97 Å². The van der Waals surface area contributed by atoms with Gasteiger partial charge in [0.25, 0.3) is 5.91 Å². The van der Waals surface area contributed by atoms with E-state index in [1.54, 1.807) is 30.3 Å². The molecule has 0 bridgehead atoms. The third kappa shape index (κ3) is 5.43. The topological polar surface area (TPSA) is 71.1 Å². The van der Waals surface area contributed by atoms with Crippen molar-refractivity contribution in [3.8, 4) is 5.75 Å². The molecule has 3 rings (SSSR count). The van der Waals surface area contributed by atoms with Crippen LogP contribution < -0.4 is 15.0 Å². The summed E-state index contributed by atoms with van der Waals surface area (Å²) in [7, 11) is 3.41. The van der Waals surface area contributed by atoms with Gasteiger partial charge in [0.2, 0.25) is 0 Å². The van der Waals surface area contributed by atoms with Crippen LogP contribution in [0.1, 0.15) is 15.9 Å². The number of ether oxygens (including phenoxy) is 2. The van der Waals surface area contributed by atoms with Gasteiger partial charge in [-0.05, 0) is 55.9 Å². The average Bonchev–Trinajstić information content (AvgIpc) is 2.73. The van der Waals surface area contributed by atoms with Gasteiger partial charge in [0.15, 0.2) is 6.61 Å². The number of aryl methyl sites for hydroxylation is 1. The highest BCUT2D eigenvalue weighted by Crippen LogP contribution is 2.29. The molecule has 2 aromatic rings. The van der Waals surface area contributed by atoms with Gasteiger partial charge in [-0.25, -0.2) is 4.79 Å². The number of hydrogen-bond donors (Lipinski definition) is 1. The van der Waals surface area contributed by atoms with Crippen molar-refractivity contribution in [3.05, 3.63) is 52.5 Å². The Morgan fingerprint density at radius 1 is 1.10 bits per heavy atom.